The molecular formula is C23H24ClN3O2. The third kappa shape index (κ3) is 2.89. The zero-order chi connectivity index (χ0) is 21.1. The highest BCUT2D eigenvalue weighted by molar-refractivity contribution is 6.31. The van der Waals surface area contributed by atoms with Crippen molar-refractivity contribution in [1.82, 2.24) is 9.88 Å². The molecule has 1 aromatic heterocycles. The van der Waals surface area contributed by atoms with Crippen LogP contribution in [0.2, 0.25) is 5.02 Å². The monoisotopic (exact) mass is 409 g/mol. The maximum absolute atomic E-state index is 13.1. The molecule has 0 spiro atoms. The van der Waals surface area contributed by atoms with Gasteiger partial charge in [0.2, 0.25) is 0 Å². The topological polar surface area (TPSA) is 66.2 Å². The summed E-state index contributed by atoms with van der Waals surface area (Å²) < 4.78 is 6.34. The van der Waals surface area contributed by atoms with Crippen LogP contribution in [0.1, 0.15) is 55.0 Å². The lowest BCUT2D eigenvalue weighted by atomic mass is 9.49. The van der Waals surface area contributed by atoms with E-state index in [0.717, 1.165) is 11.4 Å². The fourth-order valence-corrected chi connectivity index (χ4v) is 5.75. The number of carbonyl (C=O) groups is 1. The molecule has 29 heavy (non-hydrogen) atoms. The lowest BCUT2D eigenvalue weighted by molar-refractivity contribution is -0.199. The Labute approximate surface area is 176 Å². The Hall–Kier alpha value is -2.58. The van der Waals surface area contributed by atoms with E-state index >= 15 is 0 Å². The largest absolute Gasteiger partial charge is 0.489 e. The average molecular weight is 410 g/mol. The first-order chi connectivity index (χ1) is 13.6. The minimum atomic E-state index is -0.267. The van der Waals surface area contributed by atoms with Crippen LogP contribution >= 0.6 is 11.6 Å². The minimum absolute atomic E-state index is 0.0101. The number of hydrogen-bond acceptors (Lipinski definition) is 4. The Kier molecular flexibility index (Phi) is 4.40. The summed E-state index contributed by atoms with van der Waals surface area (Å²) >= 11 is 6.17. The molecule has 0 atom stereocenters. The number of aryl methyl sites for hydroxylation is 1. The van der Waals surface area contributed by atoms with Gasteiger partial charge in [-0.15, -0.1) is 0 Å². The molecule has 0 radical (unpaired) electrons. The molecule has 0 bridgehead atoms. The van der Waals surface area contributed by atoms with Crippen LogP contribution in [-0.2, 0) is 6.54 Å². The van der Waals surface area contributed by atoms with Gasteiger partial charge in [0, 0.05) is 28.6 Å². The van der Waals surface area contributed by atoms with E-state index in [1.54, 1.807) is 18.2 Å². The first-order valence-electron chi connectivity index (χ1n) is 9.71. The van der Waals surface area contributed by atoms with Crippen molar-refractivity contribution in [2.24, 2.45) is 10.8 Å². The first-order valence-corrected chi connectivity index (χ1v) is 10.1. The number of pyridine rings is 1. The summed E-state index contributed by atoms with van der Waals surface area (Å²) in [6.45, 7) is 11.0. The second-order valence-electron chi connectivity index (χ2n) is 9.18. The summed E-state index contributed by atoms with van der Waals surface area (Å²) in [5.74, 6) is 0.672. The molecule has 0 N–H and O–H groups in total. The molecule has 2 aliphatic rings. The predicted octanol–water partition coefficient (Wildman–Crippen LogP) is 4.75. The number of benzene rings is 1. The number of nitrogens with zero attached hydrogens (tertiary/aromatic N) is 3. The molecule has 1 aliphatic heterocycles. The van der Waals surface area contributed by atoms with E-state index in [0.29, 0.717) is 28.4 Å². The van der Waals surface area contributed by atoms with Crippen molar-refractivity contribution in [1.29, 1.82) is 5.26 Å². The SMILES string of the molecule is Cc1ccc2c(n1)CN(C1C(C)(C)C(Oc3ccc(C#N)c(Cl)c3)C1(C)C)C2=O. The van der Waals surface area contributed by atoms with Crippen LogP contribution in [0.4, 0.5) is 0 Å². The summed E-state index contributed by atoms with van der Waals surface area (Å²) in [7, 11) is 0. The van der Waals surface area contributed by atoms with E-state index in [2.05, 4.69) is 38.7 Å². The van der Waals surface area contributed by atoms with Crippen molar-refractivity contribution in [3.8, 4) is 11.8 Å². The van der Waals surface area contributed by atoms with Gasteiger partial charge in [-0.1, -0.05) is 39.3 Å². The molecule has 4 rings (SSSR count). The second kappa shape index (κ2) is 6.47. The number of carbonyl (C=O) groups excluding carboxylic acids is 1. The maximum Gasteiger partial charge on any atom is 0.256 e. The molecule has 5 nitrogen and oxygen atoms in total. The Morgan fingerprint density at radius 1 is 1.21 bits per heavy atom. The molecular weight excluding hydrogens is 386 g/mol. The Morgan fingerprint density at radius 2 is 1.90 bits per heavy atom. The van der Waals surface area contributed by atoms with Crippen molar-refractivity contribution < 1.29 is 9.53 Å². The smallest absolute Gasteiger partial charge is 0.256 e. The molecule has 0 unspecified atom stereocenters. The van der Waals surface area contributed by atoms with Gasteiger partial charge in [-0.05, 0) is 31.2 Å². The van der Waals surface area contributed by atoms with Crippen molar-refractivity contribution in [2.75, 3.05) is 0 Å². The third-order valence-corrected chi connectivity index (χ3v) is 6.63. The zero-order valence-electron chi connectivity index (χ0n) is 17.3. The quantitative estimate of drug-likeness (QED) is 0.733. The molecule has 0 saturated heterocycles. The number of halogens is 1. The number of rotatable bonds is 3. The molecule has 2 heterocycles. The molecule has 150 valence electrons. The number of aromatic nitrogens is 1. The van der Waals surface area contributed by atoms with Crippen LogP contribution in [-0.4, -0.2) is 27.9 Å². The van der Waals surface area contributed by atoms with E-state index in [9.17, 15) is 4.79 Å². The van der Waals surface area contributed by atoms with Gasteiger partial charge in [0.05, 0.1) is 28.4 Å². The van der Waals surface area contributed by atoms with E-state index in [1.165, 1.54) is 0 Å². The highest BCUT2D eigenvalue weighted by atomic mass is 35.5. The number of amides is 1. The number of hydrogen-bond donors (Lipinski definition) is 0. The summed E-state index contributed by atoms with van der Waals surface area (Å²) in [6, 6.07) is 11.0. The zero-order valence-corrected chi connectivity index (χ0v) is 18.0. The van der Waals surface area contributed by atoms with Crippen LogP contribution in [0.5, 0.6) is 5.75 Å². The fraction of sp³-hybridized carbons (Fsp3) is 0.435. The molecule has 1 fully saturated rings. The van der Waals surface area contributed by atoms with Crippen LogP contribution in [0.25, 0.3) is 0 Å². The Bertz CT molecular complexity index is 1040. The van der Waals surface area contributed by atoms with Crippen LogP contribution < -0.4 is 4.74 Å². The van der Waals surface area contributed by atoms with Crippen molar-refractivity contribution >= 4 is 17.5 Å². The number of fused-ring (bicyclic) bond motifs is 1. The van der Waals surface area contributed by atoms with Gasteiger partial charge >= 0.3 is 0 Å². The fourth-order valence-electron chi connectivity index (χ4n) is 5.53. The molecule has 1 aliphatic carbocycles. The van der Waals surface area contributed by atoms with Crippen molar-refractivity contribution in [2.45, 2.75) is 53.3 Å². The summed E-state index contributed by atoms with van der Waals surface area (Å²) in [6.07, 6.45) is -0.116. The predicted molar refractivity (Wildman–Crippen MR) is 111 cm³/mol. The summed E-state index contributed by atoms with van der Waals surface area (Å²) in [4.78, 5) is 19.6. The Balaban J connectivity index is 1.60. The van der Waals surface area contributed by atoms with Gasteiger partial charge < -0.3 is 9.64 Å². The minimum Gasteiger partial charge on any atom is -0.489 e. The molecule has 1 saturated carbocycles. The van der Waals surface area contributed by atoms with E-state index in [-0.39, 0.29) is 28.9 Å². The Morgan fingerprint density at radius 3 is 2.52 bits per heavy atom. The number of nitriles is 1. The van der Waals surface area contributed by atoms with Gasteiger partial charge in [-0.3, -0.25) is 9.78 Å². The van der Waals surface area contributed by atoms with Crippen LogP contribution in [0.15, 0.2) is 30.3 Å². The third-order valence-electron chi connectivity index (χ3n) is 6.31. The highest BCUT2D eigenvalue weighted by Crippen LogP contribution is 2.59. The summed E-state index contributed by atoms with van der Waals surface area (Å²) in [5, 5.41) is 9.45. The van der Waals surface area contributed by atoms with Gasteiger partial charge in [0.25, 0.3) is 5.91 Å². The molecule has 6 heteroatoms. The lowest BCUT2D eigenvalue weighted by Gasteiger charge is -2.65. The number of ether oxygens (including phenoxy) is 1. The van der Waals surface area contributed by atoms with Crippen LogP contribution in [0.3, 0.4) is 0 Å². The van der Waals surface area contributed by atoms with E-state index < -0.39 is 0 Å². The summed E-state index contributed by atoms with van der Waals surface area (Å²) in [5.41, 5.74) is 2.36. The van der Waals surface area contributed by atoms with Gasteiger partial charge in [0.1, 0.15) is 17.9 Å². The van der Waals surface area contributed by atoms with E-state index in [4.69, 9.17) is 21.6 Å². The van der Waals surface area contributed by atoms with Gasteiger partial charge in [-0.25, -0.2) is 0 Å². The normalized spacial score (nSPS) is 23.9. The van der Waals surface area contributed by atoms with Gasteiger partial charge in [-0.2, -0.15) is 5.26 Å². The van der Waals surface area contributed by atoms with Gasteiger partial charge in [0.15, 0.2) is 0 Å². The molecule has 1 amide bonds. The standard InChI is InChI=1S/C23H24ClN3O2/c1-13-6-9-16-18(26-13)12-27(19(16)28)20-22(2,3)21(23(20,4)5)29-15-8-7-14(11-25)17(24)10-15/h6-10,20-21H,12H2,1-5H3. The first kappa shape index (κ1) is 19.7. The molecule has 1 aromatic carbocycles. The highest BCUT2D eigenvalue weighted by Gasteiger charge is 2.67. The van der Waals surface area contributed by atoms with Crippen molar-refractivity contribution in [3.63, 3.8) is 0 Å². The maximum atomic E-state index is 13.1. The average Bonchev–Trinajstić information content (AvgIpc) is 2.94. The molecule has 2 aromatic rings. The van der Waals surface area contributed by atoms with Crippen LogP contribution in [0, 0.1) is 29.1 Å². The van der Waals surface area contributed by atoms with Crippen molar-refractivity contribution in [3.05, 3.63) is 57.9 Å². The lowest BCUT2D eigenvalue weighted by Crippen LogP contribution is -2.74. The second-order valence-corrected chi connectivity index (χ2v) is 9.58. The van der Waals surface area contributed by atoms with E-state index in [1.807, 2.05) is 24.0 Å².